The number of carbonyl (C=O) groups excluding carboxylic acids is 1. The summed E-state index contributed by atoms with van der Waals surface area (Å²) in [6, 6.07) is 17.2. The molecule has 7 nitrogen and oxygen atoms in total. The second-order valence-electron chi connectivity index (χ2n) is 8.26. The molecule has 1 saturated heterocycles. The fraction of sp³-hybridized carbons (Fsp3) is 0.280. The van der Waals surface area contributed by atoms with Gasteiger partial charge in [0, 0.05) is 22.3 Å². The number of thioether (sulfide) groups is 1. The van der Waals surface area contributed by atoms with Crippen LogP contribution in [0.25, 0.3) is 16.6 Å². The number of halogens is 1. The van der Waals surface area contributed by atoms with Crippen molar-refractivity contribution in [2.24, 2.45) is 0 Å². The van der Waals surface area contributed by atoms with Crippen molar-refractivity contribution in [3.8, 4) is 5.69 Å². The highest BCUT2D eigenvalue weighted by Gasteiger charge is 2.20. The molecule has 5 rings (SSSR count). The third kappa shape index (κ3) is 5.24. The SMILES string of the molecule is O=C(CSc1nnc(CN2CCCCC2)n1-c1ccc(Cl)cc1)Nc1cccc2ncccc12. The number of piperidine rings is 1. The van der Waals surface area contributed by atoms with Crippen LogP contribution in [0.15, 0.2) is 66.0 Å². The van der Waals surface area contributed by atoms with E-state index in [0.29, 0.717) is 10.2 Å². The number of rotatable bonds is 7. The van der Waals surface area contributed by atoms with Gasteiger partial charge in [0.1, 0.15) is 0 Å². The summed E-state index contributed by atoms with van der Waals surface area (Å²) in [6.45, 7) is 2.86. The molecule has 0 unspecified atom stereocenters. The lowest BCUT2D eigenvalue weighted by Crippen LogP contribution is -2.30. The topological polar surface area (TPSA) is 75.9 Å². The van der Waals surface area contributed by atoms with Crippen LogP contribution in [-0.4, -0.2) is 49.4 Å². The Labute approximate surface area is 207 Å². The van der Waals surface area contributed by atoms with Gasteiger partial charge in [0.2, 0.25) is 5.91 Å². The summed E-state index contributed by atoms with van der Waals surface area (Å²) in [7, 11) is 0. The fourth-order valence-electron chi connectivity index (χ4n) is 4.19. The van der Waals surface area contributed by atoms with Crippen LogP contribution < -0.4 is 5.32 Å². The number of fused-ring (bicyclic) bond motifs is 1. The van der Waals surface area contributed by atoms with Crippen molar-refractivity contribution >= 4 is 45.9 Å². The highest BCUT2D eigenvalue weighted by Crippen LogP contribution is 2.26. The van der Waals surface area contributed by atoms with Gasteiger partial charge in [-0.3, -0.25) is 19.2 Å². The molecule has 2 aromatic heterocycles. The van der Waals surface area contributed by atoms with Gasteiger partial charge in [0.05, 0.1) is 23.5 Å². The van der Waals surface area contributed by atoms with E-state index in [-0.39, 0.29) is 11.7 Å². The summed E-state index contributed by atoms with van der Waals surface area (Å²) in [4.78, 5) is 19.6. The molecule has 0 saturated carbocycles. The molecule has 0 radical (unpaired) electrons. The number of carbonyl (C=O) groups is 1. The van der Waals surface area contributed by atoms with Crippen molar-refractivity contribution in [2.75, 3.05) is 24.2 Å². The van der Waals surface area contributed by atoms with Crippen LogP contribution >= 0.6 is 23.4 Å². The minimum absolute atomic E-state index is 0.107. The molecular weight excluding hydrogens is 468 g/mol. The number of nitrogens with zero attached hydrogens (tertiary/aromatic N) is 5. The highest BCUT2D eigenvalue weighted by atomic mass is 35.5. The molecule has 0 spiro atoms. The van der Waals surface area contributed by atoms with E-state index in [0.717, 1.165) is 47.7 Å². The van der Waals surface area contributed by atoms with Gasteiger partial charge in [-0.1, -0.05) is 35.9 Å². The van der Waals surface area contributed by atoms with Gasteiger partial charge >= 0.3 is 0 Å². The number of benzene rings is 2. The Bertz CT molecular complexity index is 1280. The zero-order valence-corrected chi connectivity index (χ0v) is 20.2. The summed E-state index contributed by atoms with van der Waals surface area (Å²) >= 11 is 7.49. The lowest BCUT2D eigenvalue weighted by Gasteiger charge is -2.26. The lowest BCUT2D eigenvalue weighted by molar-refractivity contribution is -0.113. The average molecular weight is 493 g/mol. The van der Waals surface area contributed by atoms with Crippen molar-refractivity contribution in [1.29, 1.82) is 0 Å². The Morgan fingerprint density at radius 2 is 1.82 bits per heavy atom. The average Bonchev–Trinajstić information content (AvgIpc) is 3.26. The van der Waals surface area contributed by atoms with Crippen LogP contribution in [0.2, 0.25) is 5.02 Å². The van der Waals surface area contributed by atoms with Crippen molar-refractivity contribution in [2.45, 2.75) is 31.0 Å². The molecule has 0 aliphatic carbocycles. The van der Waals surface area contributed by atoms with Crippen LogP contribution in [0.1, 0.15) is 25.1 Å². The third-order valence-electron chi connectivity index (χ3n) is 5.85. The van der Waals surface area contributed by atoms with E-state index in [2.05, 4.69) is 25.4 Å². The van der Waals surface area contributed by atoms with Gasteiger partial charge in [-0.25, -0.2) is 0 Å². The van der Waals surface area contributed by atoms with Crippen LogP contribution in [0.5, 0.6) is 0 Å². The Hall–Kier alpha value is -2.94. The number of amides is 1. The number of aromatic nitrogens is 4. The predicted octanol–water partition coefficient (Wildman–Crippen LogP) is 5.19. The summed E-state index contributed by atoms with van der Waals surface area (Å²) in [6.07, 6.45) is 5.44. The largest absolute Gasteiger partial charge is 0.325 e. The summed E-state index contributed by atoms with van der Waals surface area (Å²) < 4.78 is 2.03. The molecule has 1 N–H and O–H groups in total. The maximum Gasteiger partial charge on any atom is 0.234 e. The van der Waals surface area contributed by atoms with Gasteiger partial charge in [-0.2, -0.15) is 0 Å². The van der Waals surface area contributed by atoms with Crippen LogP contribution in [0.3, 0.4) is 0 Å². The smallest absolute Gasteiger partial charge is 0.234 e. The number of likely N-dealkylation sites (tertiary alicyclic amines) is 1. The van der Waals surface area contributed by atoms with Gasteiger partial charge in [0.25, 0.3) is 0 Å². The number of anilines is 1. The van der Waals surface area contributed by atoms with E-state index in [9.17, 15) is 4.79 Å². The van der Waals surface area contributed by atoms with E-state index in [1.807, 2.05) is 59.2 Å². The van der Waals surface area contributed by atoms with Crippen molar-refractivity contribution in [1.82, 2.24) is 24.6 Å². The zero-order valence-electron chi connectivity index (χ0n) is 18.7. The second kappa shape index (κ2) is 10.5. The molecule has 2 aromatic carbocycles. The minimum atomic E-state index is -0.107. The Kier molecular flexibility index (Phi) is 7.08. The number of hydrogen-bond donors (Lipinski definition) is 1. The first kappa shape index (κ1) is 22.8. The molecule has 9 heteroatoms. The molecule has 0 atom stereocenters. The monoisotopic (exact) mass is 492 g/mol. The second-order valence-corrected chi connectivity index (χ2v) is 9.64. The molecule has 34 heavy (non-hydrogen) atoms. The third-order valence-corrected chi connectivity index (χ3v) is 7.03. The first-order valence-corrected chi connectivity index (χ1v) is 12.7. The Balaban J connectivity index is 1.34. The number of nitrogens with one attached hydrogen (secondary N) is 1. The lowest BCUT2D eigenvalue weighted by atomic mass is 10.1. The van der Waals surface area contributed by atoms with E-state index in [4.69, 9.17) is 11.6 Å². The Morgan fingerprint density at radius 3 is 2.65 bits per heavy atom. The normalized spacial score (nSPS) is 14.4. The fourth-order valence-corrected chi connectivity index (χ4v) is 5.09. The summed E-state index contributed by atoms with van der Waals surface area (Å²) in [5.74, 6) is 0.975. The zero-order chi connectivity index (χ0) is 23.3. The van der Waals surface area contributed by atoms with E-state index in [1.54, 1.807) is 6.20 Å². The standard InChI is InChI=1S/C25H25ClN6OS/c26-18-9-11-19(12-10-18)32-23(16-31-14-2-1-3-15-31)29-30-25(32)34-17-24(33)28-22-8-4-7-21-20(22)6-5-13-27-21/h4-13H,1-3,14-17H2,(H,28,33). The maximum absolute atomic E-state index is 12.8. The van der Waals surface area contributed by atoms with Crippen LogP contribution in [-0.2, 0) is 11.3 Å². The van der Waals surface area contributed by atoms with Gasteiger partial charge < -0.3 is 5.32 Å². The molecule has 3 heterocycles. The van der Waals surface area contributed by atoms with Crippen LogP contribution in [0, 0.1) is 0 Å². The predicted molar refractivity (Wildman–Crippen MR) is 137 cm³/mol. The first-order valence-electron chi connectivity index (χ1n) is 11.4. The molecule has 0 bridgehead atoms. The van der Waals surface area contributed by atoms with Gasteiger partial charge in [0.15, 0.2) is 11.0 Å². The van der Waals surface area contributed by atoms with E-state index < -0.39 is 0 Å². The van der Waals surface area contributed by atoms with Gasteiger partial charge in [-0.15, -0.1) is 10.2 Å². The van der Waals surface area contributed by atoms with Crippen molar-refractivity contribution in [3.05, 3.63) is 71.6 Å². The molecule has 1 aliphatic rings. The summed E-state index contributed by atoms with van der Waals surface area (Å²) in [5, 5.41) is 14.2. The first-order chi connectivity index (χ1) is 16.7. The minimum Gasteiger partial charge on any atom is -0.325 e. The summed E-state index contributed by atoms with van der Waals surface area (Å²) in [5.41, 5.74) is 2.53. The maximum atomic E-state index is 12.8. The molecule has 1 aliphatic heterocycles. The van der Waals surface area contributed by atoms with E-state index in [1.165, 1.54) is 31.0 Å². The molecular formula is C25H25ClN6OS. The Morgan fingerprint density at radius 1 is 1.00 bits per heavy atom. The number of pyridine rings is 1. The van der Waals surface area contributed by atoms with Gasteiger partial charge in [-0.05, 0) is 74.5 Å². The molecule has 1 amide bonds. The van der Waals surface area contributed by atoms with Crippen molar-refractivity contribution < 1.29 is 4.79 Å². The quantitative estimate of drug-likeness (QED) is 0.358. The van der Waals surface area contributed by atoms with E-state index >= 15 is 0 Å². The number of hydrogen-bond acceptors (Lipinski definition) is 6. The van der Waals surface area contributed by atoms with Crippen LogP contribution in [0.4, 0.5) is 5.69 Å². The molecule has 1 fully saturated rings. The highest BCUT2D eigenvalue weighted by molar-refractivity contribution is 7.99. The van der Waals surface area contributed by atoms with Crippen molar-refractivity contribution in [3.63, 3.8) is 0 Å². The molecule has 4 aromatic rings. The molecule has 174 valence electrons.